The monoisotopic (exact) mass is 367 g/mol. The summed E-state index contributed by atoms with van der Waals surface area (Å²) in [5.41, 5.74) is 7.01. The highest BCUT2D eigenvalue weighted by atomic mass is 15.0. The highest BCUT2D eigenvalue weighted by Crippen LogP contribution is 2.29. The molecule has 2 heterocycles. The van der Waals surface area contributed by atoms with Crippen molar-refractivity contribution in [2.75, 3.05) is 5.32 Å². The van der Waals surface area contributed by atoms with E-state index < -0.39 is 0 Å². The standard InChI is InChI=1S/C23H21N5/c1-16-9-17(2)22-21(10-16)23(20(11-24)13-27-22)26-12-18-3-5-19(6-4-18)14-28-8-7-25-15-28/h3-10,13,15H,12,14H2,1-2H3,(H,26,27). The second kappa shape index (κ2) is 7.53. The number of anilines is 1. The molecule has 0 atom stereocenters. The van der Waals surface area contributed by atoms with Gasteiger partial charge in [0.05, 0.1) is 23.1 Å². The number of benzene rings is 2. The van der Waals surface area contributed by atoms with Crippen LogP contribution in [0.15, 0.2) is 61.3 Å². The summed E-state index contributed by atoms with van der Waals surface area (Å²) in [6.07, 6.45) is 7.21. The first-order chi connectivity index (χ1) is 13.6. The number of pyridine rings is 1. The maximum atomic E-state index is 9.54. The van der Waals surface area contributed by atoms with E-state index in [0.717, 1.165) is 39.8 Å². The molecule has 0 fully saturated rings. The van der Waals surface area contributed by atoms with Gasteiger partial charge in [-0.2, -0.15) is 5.26 Å². The first-order valence-electron chi connectivity index (χ1n) is 9.21. The Kier molecular flexibility index (Phi) is 4.77. The molecule has 0 radical (unpaired) electrons. The van der Waals surface area contributed by atoms with Gasteiger partial charge in [0, 0.05) is 37.1 Å². The van der Waals surface area contributed by atoms with Crippen LogP contribution in [0.2, 0.25) is 0 Å². The van der Waals surface area contributed by atoms with Crippen molar-refractivity contribution in [2.45, 2.75) is 26.9 Å². The third kappa shape index (κ3) is 3.58. The number of nitrogens with zero attached hydrogens (tertiary/aromatic N) is 4. The van der Waals surface area contributed by atoms with Crippen molar-refractivity contribution in [2.24, 2.45) is 0 Å². The molecule has 4 rings (SSSR count). The van der Waals surface area contributed by atoms with Crippen LogP contribution < -0.4 is 5.32 Å². The third-order valence-electron chi connectivity index (χ3n) is 4.84. The van der Waals surface area contributed by atoms with Crippen LogP contribution in [-0.4, -0.2) is 14.5 Å². The minimum atomic E-state index is 0.564. The van der Waals surface area contributed by atoms with E-state index in [0.29, 0.717) is 12.1 Å². The van der Waals surface area contributed by atoms with Crippen molar-refractivity contribution >= 4 is 16.6 Å². The van der Waals surface area contributed by atoms with E-state index in [-0.39, 0.29) is 0 Å². The molecule has 1 N–H and O–H groups in total. The Morgan fingerprint density at radius 3 is 2.61 bits per heavy atom. The number of aromatic nitrogens is 3. The summed E-state index contributed by atoms with van der Waals surface area (Å²) >= 11 is 0. The minimum absolute atomic E-state index is 0.564. The summed E-state index contributed by atoms with van der Waals surface area (Å²) in [6.45, 7) is 5.57. The lowest BCUT2D eigenvalue weighted by atomic mass is 10.0. The highest BCUT2D eigenvalue weighted by Gasteiger charge is 2.11. The zero-order chi connectivity index (χ0) is 19.5. The Labute approximate surface area is 164 Å². The Bertz CT molecular complexity index is 1150. The number of rotatable bonds is 5. The topological polar surface area (TPSA) is 66.5 Å². The van der Waals surface area contributed by atoms with Crippen molar-refractivity contribution in [3.8, 4) is 6.07 Å². The molecule has 4 aromatic rings. The summed E-state index contributed by atoms with van der Waals surface area (Å²) in [5.74, 6) is 0. The summed E-state index contributed by atoms with van der Waals surface area (Å²) in [4.78, 5) is 8.56. The molecule has 2 aromatic heterocycles. The van der Waals surface area contributed by atoms with Crippen molar-refractivity contribution in [1.82, 2.24) is 14.5 Å². The van der Waals surface area contributed by atoms with Gasteiger partial charge in [-0.3, -0.25) is 4.98 Å². The minimum Gasteiger partial charge on any atom is -0.379 e. The first-order valence-corrected chi connectivity index (χ1v) is 9.21. The van der Waals surface area contributed by atoms with Crippen LogP contribution >= 0.6 is 0 Å². The number of nitriles is 1. The lowest BCUT2D eigenvalue weighted by molar-refractivity contribution is 0.797. The molecule has 0 saturated carbocycles. The molecule has 0 spiro atoms. The van der Waals surface area contributed by atoms with E-state index in [1.165, 1.54) is 5.56 Å². The van der Waals surface area contributed by atoms with E-state index in [4.69, 9.17) is 0 Å². The van der Waals surface area contributed by atoms with Gasteiger partial charge in [-0.05, 0) is 36.6 Å². The van der Waals surface area contributed by atoms with Crippen LogP contribution in [0.1, 0.15) is 27.8 Å². The van der Waals surface area contributed by atoms with Gasteiger partial charge in [0.25, 0.3) is 0 Å². The van der Waals surface area contributed by atoms with Gasteiger partial charge in [-0.1, -0.05) is 35.9 Å². The van der Waals surface area contributed by atoms with Gasteiger partial charge in [0.2, 0.25) is 0 Å². The molecule has 138 valence electrons. The third-order valence-corrected chi connectivity index (χ3v) is 4.84. The largest absolute Gasteiger partial charge is 0.379 e. The molecular weight excluding hydrogens is 346 g/mol. The Balaban J connectivity index is 1.57. The Morgan fingerprint density at radius 2 is 1.89 bits per heavy atom. The molecule has 28 heavy (non-hydrogen) atoms. The van der Waals surface area contributed by atoms with Gasteiger partial charge in [-0.15, -0.1) is 0 Å². The number of hydrogen-bond acceptors (Lipinski definition) is 4. The molecule has 0 unspecified atom stereocenters. The quantitative estimate of drug-likeness (QED) is 0.561. The molecule has 0 aliphatic heterocycles. The molecule has 5 nitrogen and oxygen atoms in total. The predicted molar refractivity (Wildman–Crippen MR) is 111 cm³/mol. The molecule has 0 saturated heterocycles. The maximum Gasteiger partial charge on any atom is 0.103 e. The van der Waals surface area contributed by atoms with Gasteiger partial charge >= 0.3 is 0 Å². The van der Waals surface area contributed by atoms with Crippen LogP contribution in [0.3, 0.4) is 0 Å². The van der Waals surface area contributed by atoms with Crippen LogP contribution in [0.25, 0.3) is 10.9 Å². The molecule has 0 amide bonds. The lowest BCUT2D eigenvalue weighted by Crippen LogP contribution is -2.04. The number of fused-ring (bicyclic) bond motifs is 1. The molecule has 0 bridgehead atoms. The smallest absolute Gasteiger partial charge is 0.103 e. The predicted octanol–water partition coefficient (Wildman–Crippen LogP) is 4.58. The fraction of sp³-hybridized carbons (Fsp3) is 0.174. The number of hydrogen-bond donors (Lipinski definition) is 1. The normalized spacial score (nSPS) is 10.8. The fourth-order valence-electron chi connectivity index (χ4n) is 3.48. The SMILES string of the molecule is Cc1cc(C)c2ncc(C#N)c(NCc3ccc(Cn4ccnc4)cc3)c2c1. The van der Waals surface area contributed by atoms with E-state index in [1.807, 2.05) is 17.1 Å². The van der Waals surface area contributed by atoms with Crippen LogP contribution in [0.4, 0.5) is 5.69 Å². The number of imidazole rings is 1. The van der Waals surface area contributed by atoms with Crippen molar-refractivity contribution in [1.29, 1.82) is 5.26 Å². The average molecular weight is 367 g/mol. The van der Waals surface area contributed by atoms with E-state index in [9.17, 15) is 5.26 Å². The second-order valence-corrected chi connectivity index (χ2v) is 7.04. The molecule has 5 heteroatoms. The van der Waals surface area contributed by atoms with E-state index in [2.05, 4.69) is 71.6 Å². The summed E-state index contributed by atoms with van der Waals surface area (Å²) in [5, 5.41) is 14.0. The molecule has 2 aromatic carbocycles. The molecule has 0 aliphatic rings. The van der Waals surface area contributed by atoms with Gasteiger partial charge in [0.1, 0.15) is 6.07 Å². The zero-order valence-corrected chi connectivity index (χ0v) is 16.0. The summed E-state index contributed by atoms with van der Waals surface area (Å²) in [7, 11) is 0. The van der Waals surface area contributed by atoms with Crippen molar-refractivity contribution in [3.05, 3.63) is 89.1 Å². The first kappa shape index (κ1) is 17.7. The van der Waals surface area contributed by atoms with Crippen molar-refractivity contribution in [3.63, 3.8) is 0 Å². The summed E-state index contributed by atoms with van der Waals surface area (Å²) < 4.78 is 2.04. The lowest BCUT2D eigenvalue weighted by Gasteiger charge is -2.14. The van der Waals surface area contributed by atoms with Gasteiger partial charge in [-0.25, -0.2) is 4.98 Å². The fourth-order valence-corrected chi connectivity index (χ4v) is 3.48. The Morgan fingerprint density at radius 1 is 1.11 bits per heavy atom. The Hall–Kier alpha value is -3.65. The maximum absolute atomic E-state index is 9.54. The molecule has 0 aliphatic carbocycles. The van der Waals surface area contributed by atoms with Crippen LogP contribution in [0, 0.1) is 25.2 Å². The molecular formula is C23H21N5. The number of aryl methyl sites for hydroxylation is 2. The van der Waals surface area contributed by atoms with Crippen LogP contribution in [0.5, 0.6) is 0 Å². The van der Waals surface area contributed by atoms with E-state index in [1.54, 1.807) is 12.4 Å². The second-order valence-electron chi connectivity index (χ2n) is 7.04. The van der Waals surface area contributed by atoms with Crippen LogP contribution in [-0.2, 0) is 13.1 Å². The number of nitrogens with one attached hydrogen (secondary N) is 1. The van der Waals surface area contributed by atoms with Gasteiger partial charge in [0.15, 0.2) is 0 Å². The summed E-state index contributed by atoms with van der Waals surface area (Å²) in [6, 6.07) is 15.0. The highest BCUT2D eigenvalue weighted by molar-refractivity contribution is 5.96. The van der Waals surface area contributed by atoms with E-state index >= 15 is 0 Å². The average Bonchev–Trinajstić information content (AvgIpc) is 3.20. The van der Waals surface area contributed by atoms with Gasteiger partial charge < -0.3 is 9.88 Å². The van der Waals surface area contributed by atoms with Crippen molar-refractivity contribution < 1.29 is 0 Å². The zero-order valence-electron chi connectivity index (χ0n) is 16.0.